The second-order valence-electron chi connectivity index (χ2n) is 4.03. The van der Waals surface area contributed by atoms with Gasteiger partial charge in [-0.05, 0) is 13.8 Å². The average Bonchev–Trinajstić information content (AvgIpc) is 2.13. The third kappa shape index (κ3) is 3.10. The summed E-state index contributed by atoms with van der Waals surface area (Å²) >= 11 is 0. The third-order valence-electron chi connectivity index (χ3n) is 1.85. The average molecular weight is 234 g/mol. The number of nitrogens with one attached hydrogen (secondary N) is 1. The molecular formula is C10H13F3N2O. The molecule has 0 aliphatic rings. The molecule has 0 aromatic carbocycles. The van der Waals surface area contributed by atoms with Crippen molar-refractivity contribution < 1.29 is 17.9 Å². The van der Waals surface area contributed by atoms with Gasteiger partial charge in [0.15, 0.2) is 17.5 Å². The van der Waals surface area contributed by atoms with Crippen molar-refractivity contribution in [3.05, 3.63) is 23.6 Å². The maximum atomic E-state index is 13.2. The van der Waals surface area contributed by atoms with Crippen LogP contribution >= 0.6 is 0 Å². The molecule has 0 fully saturated rings. The molecule has 1 aromatic rings. The number of pyridine rings is 1. The number of nitrogens with zero attached hydrogens (tertiary/aromatic N) is 1. The van der Waals surface area contributed by atoms with Crippen LogP contribution in [0, 0.1) is 17.6 Å². The number of hydrogen-bond acceptors (Lipinski definition) is 3. The van der Waals surface area contributed by atoms with Gasteiger partial charge in [0.1, 0.15) is 0 Å². The van der Waals surface area contributed by atoms with Gasteiger partial charge in [0.2, 0.25) is 0 Å². The van der Waals surface area contributed by atoms with Crippen LogP contribution in [0.2, 0.25) is 0 Å². The van der Waals surface area contributed by atoms with E-state index in [1.165, 1.54) is 7.11 Å². The Morgan fingerprint density at radius 1 is 1.31 bits per heavy atom. The van der Waals surface area contributed by atoms with Crippen molar-refractivity contribution in [1.82, 2.24) is 4.98 Å². The Kier molecular flexibility index (Phi) is 3.74. The van der Waals surface area contributed by atoms with Crippen LogP contribution in [0.5, 0.6) is 0 Å². The molecule has 0 saturated heterocycles. The monoisotopic (exact) mass is 234 g/mol. The first kappa shape index (κ1) is 12.8. The summed E-state index contributed by atoms with van der Waals surface area (Å²) in [4.78, 5) is 3.16. The largest absolute Gasteiger partial charge is 0.382 e. The van der Waals surface area contributed by atoms with E-state index in [4.69, 9.17) is 4.74 Å². The fourth-order valence-corrected chi connectivity index (χ4v) is 1.25. The Morgan fingerprint density at radius 2 is 1.94 bits per heavy atom. The van der Waals surface area contributed by atoms with Gasteiger partial charge in [-0.25, -0.2) is 8.78 Å². The van der Waals surface area contributed by atoms with Crippen molar-refractivity contribution >= 4 is 5.82 Å². The van der Waals surface area contributed by atoms with Gasteiger partial charge < -0.3 is 10.1 Å². The van der Waals surface area contributed by atoms with Gasteiger partial charge in [0.05, 0.1) is 12.1 Å². The standard InChI is InChI=1S/C10H13F3N2O/c1-10(2,5-16-3)15-9-7(12)4-6(11)8(13)14-9/h4H,5H2,1-3H3,(H,14,15). The molecular weight excluding hydrogens is 221 g/mol. The molecule has 16 heavy (non-hydrogen) atoms. The minimum absolute atomic E-state index is 0.271. The lowest BCUT2D eigenvalue weighted by Crippen LogP contribution is -2.36. The van der Waals surface area contributed by atoms with E-state index >= 15 is 0 Å². The number of halogens is 3. The summed E-state index contributed by atoms with van der Waals surface area (Å²) in [6.07, 6.45) is 0. The molecule has 0 amide bonds. The lowest BCUT2D eigenvalue weighted by Gasteiger charge is -2.26. The van der Waals surface area contributed by atoms with Crippen molar-refractivity contribution in [3.8, 4) is 0 Å². The van der Waals surface area contributed by atoms with Crippen LogP contribution in [0.3, 0.4) is 0 Å². The normalized spacial score (nSPS) is 11.6. The first-order chi connectivity index (χ1) is 7.35. The molecule has 3 nitrogen and oxygen atoms in total. The number of methoxy groups -OCH3 is 1. The van der Waals surface area contributed by atoms with E-state index in [0.29, 0.717) is 6.07 Å². The van der Waals surface area contributed by atoms with Crippen LogP contribution in [0.25, 0.3) is 0 Å². The molecule has 0 aliphatic carbocycles. The molecule has 0 radical (unpaired) electrons. The Morgan fingerprint density at radius 3 is 2.50 bits per heavy atom. The maximum Gasteiger partial charge on any atom is 0.251 e. The van der Waals surface area contributed by atoms with Crippen LogP contribution in [-0.4, -0.2) is 24.2 Å². The summed E-state index contributed by atoms with van der Waals surface area (Å²) < 4.78 is 43.5. The topological polar surface area (TPSA) is 34.1 Å². The number of aromatic nitrogens is 1. The van der Waals surface area contributed by atoms with Crippen molar-refractivity contribution in [2.24, 2.45) is 0 Å². The lowest BCUT2D eigenvalue weighted by atomic mass is 10.1. The van der Waals surface area contributed by atoms with E-state index < -0.39 is 23.1 Å². The molecule has 0 spiro atoms. The fourth-order valence-electron chi connectivity index (χ4n) is 1.25. The molecule has 1 rings (SSSR count). The number of ether oxygens (including phenoxy) is 1. The zero-order valence-corrected chi connectivity index (χ0v) is 9.27. The Balaban J connectivity index is 2.93. The van der Waals surface area contributed by atoms with Gasteiger partial charge in [-0.3, -0.25) is 0 Å². The summed E-state index contributed by atoms with van der Waals surface area (Å²) in [7, 11) is 1.48. The van der Waals surface area contributed by atoms with Crippen LogP contribution in [0.4, 0.5) is 19.0 Å². The van der Waals surface area contributed by atoms with Gasteiger partial charge in [-0.1, -0.05) is 0 Å². The predicted octanol–water partition coefficient (Wildman–Crippen LogP) is 2.34. The fraction of sp³-hybridized carbons (Fsp3) is 0.500. The highest BCUT2D eigenvalue weighted by atomic mass is 19.2. The molecule has 0 bridgehead atoms. The molecule has 1 heterocycles. The van der Waals surface area contributed by atoms with E-state index in [0.717, 1.165) is 0 Å². The lowest BCUT2D eigenvalue weighted by molar-refractivity contribution is 0.157. The highest BCUT2D eigenvalue weighted by molar-refractivity contribution is 5.38. The molecule has 1 aromatic heterocycles. The van der Waals surface area contributed by atoms with Gasteiger partial charge in [-0.15, -0.1) is 0 Å². The van der Waals surface area contributed by atoms with E-state index in [9.17, 15) is 13.2 Å². The Bertz CT molecular complexity index is 383. The molecule has 0 atom stereocenters. The highest BCUT2D eigenvalue weighted by Crippen LogP contribution is 2.18. The van der Waals surface area contributed by atoms with Gasteiger partial charge in [-0.2, -0.15) is 9.37 Å². The van der Waals surface area contributed by atoms with Crippen LogP contribution in [0.15, 0.2) is 6.07 Å². The Labute approximate surface area is 91.6 Å². The van der Waals surface area contributed by atoms with Gasteiger partial charge in [0.25, 0.3) is 5.95 Å². The van der Waals surface area contributed by atoms with Crippen LogP contribution in [-0.2, 0) is 4.74 Å². The van der Waals surface area contributed by atoms with E-state index in [1.807, 2.05) is 0 Å². The van der Waals surface area contributed by atoms with E-state index in [-0.39, 0.29) is 12.4 Å². The highest BCUT2D eigenvalue weighted by Gasteiger charge is 2.21. The summed E-state index contributed by atoms with van der Waals surface area (Å²) in [5.41, 5.74) is -0.632. The predicted molar refractivity (Wildman–Crippen MR) is 53.7 cm³/mol. The molecule has 0 saturated carbocycles. The third-order valence-corrected chi connectivity index (χ3v) is 1.85. The van der Waals surface area contributed by atoms with E-state index in [1.54, 1.807) is 13.8 Å². The smallest absolute Gasteiger partial charge is 0.251 e. The molecule has 0 unspecified atom stereocenters. The zero-order chi connectivity index (χ0) is 12.3. The van der Waals surface area contributed by atoms with Crippen molar-refractivity contribution in [3.63, 3.8) is 0 Å². The SMILES string of the molecule is COCC(C)(C)Nc1nc(F)c(F)cc1F. The van der Waals surface area contributed by atoms with Crippen LogP contribution in [0.1, 0.15) is 13.8 Å². The molecule has 90 valence electrons. The number of hydrogen-bond donors (Lipinski definition) is 1. The Hall–Kier alpha value is -1.30. The molecule has 6 heteroatoms. The molecule has 1 N–H and O–H groups in total. The second-order valence-corrected chi connectivity index (χ2v) is 4.03. The van der Waals surface area contributed by atoms with Crippen LogP contribution < -0.4 is 5.32 Å². The molecule has 0 aliphatic heterocycles. The number of anilines is 1. The minimum atomic E-state index is -1.34. The van der Waals surface area contributed by atoms with Crippen molar-refractivity contribution in [2.45, 2.75) is 19.4 Å². The van der Waals surface area contributed by atoms with Gasteiger partial charge in [0, 0.05) is 13.2 Å². The summed E-state index contributed by atoms with van der Waals surface area (Å²) in [5.74, 6) is -3.92. The first-order valence-corrected chi connectivity index (χ1v) is 4.64. The maximum absolute atomic E-state index is 13.2. The summed E-state index contributed by atoms with van der Waals surface area (Å²) in [5, 5.41) is 2.64. The second kappa shape index (κ2) is 4.69. The van der Waals surface area contributed by atoms with Gasteiger partial charge >= 0.3 is 0 Å². The zero-order valence-electron chi connectivity index (χ0n) is 9.27. The minimum Gasteiger partial charge on any atom is -0.382 e. The summed E-state index contributed by atoms with van der Waals surface area (Å²) in [6, 6.07) is 0.452. The van der Waals surface area contributed by atoms with E-state index in [2.05, 4.69) is 10.3 Å². The van der Waals surface area contributed by atoms with Crippen molar-refractivity contribution in [2.75, 3.05) is 19.0 Å². The summed E-state index contributed by atoms with van der Waals surface area (Å²) in [6.45, 7) is 3.71. The first-order valence-electron chi connectivity index (χ1n) is 4.64. The van der Waals surface area contributed by atoms with Crippen molar-refractivity contribution in [1.29, 1.82) is 0 Å². The number of rotatable bonds is 4. The quantitative estimate of drug-likeness (QED) is 0.812.